The Kier molecular flexibility index (Phi) is 7.94. The van der Waals surface area contributed by atoms with Gasteiger partial charge < -0.3 is 9.64 Å². The zero-order valence-corrected chi connectivity index (χ0v) is 18.1. The Morgan fingerprint density at radius 3 is 2.39 bits per heavy atom. The van der Waals surface area contributed by atoms with Crippen molar-refractivity contribution in [2.75, 3.05) is 27.7 Å². The van der Waals surface area contributed by atoms with Gasteiger partial charge in [0.1, 0.15) is 5.75 Å². The van der Waals surface area contributed by atoms with Crippen molar-refractivity contribution < 1.29 is 22.3 Å². The molecule has 0 spiro atoms. The third-order valence-corrected chi connectivity index (χ3v) is 5.22. The normalized spacial score (nSPS) is 14.2. The molecule has 3 rings (SSSR count). The lowest BCUT2D eigenvalue weighted by atomic mass is 9.96. The summed E-state index contributed by atoms with van der Waals surface area (Å²) in [7, 11) is 1.23. The van der Waals surface area contributed by atoms with Crippen LogP contribution in [0.1, 0.15) is 17.5 Å². The van der Waals surface area contributed by atoms with E-state index in [2.05, 4.69) is 49.3 Å². The highest BCUT2D eigenvalue weighted by Crippen LogP contribution is 2.47. The molecule has 0 aliphatic carbocycles. The van der Waals surface area contributed by atoms with Gasteiger partial charge in [-0.15, -0.1) is 0 Å². The van der Waals surface area contributed by atoms with Crippen molar-refractivity contribution in [3.8, 4) is 5.75 Å². The standard InChI is InChI=1S/C19H20ClNOS.H2O4S/c1-21(2)10-4-5-15-16-8-7-14(22-3)12-19(16)23-18-9-6-13(20)11-17(15)18;1-5(2,3)4/h5-9,11-12H,4,10H2,1-3H3;(H2,1,2,3,4)/b15-5+;. The topological polar surface area (TPSA) is 87.1 Å². The highest BCUT2D eigenvalue weighted by atomic mass is 35.5. The van der Waals surface area contributed by atoms with Crippen LogP contribution in [-0.2, 0) is 10.4 Å². The number of hydrogen-bond acceptors (Lipinski definition) is 5. The van der Waals surface area contributed by atoms with E-state index in [1.165, 1.54) is 26.5 Å². The second-order valence-electron chi connectivity index (χ2n) is 6.26. The summed E-state index contributed by atoms with van der Waals surface area (Å²) in [4.78, 5) is 4.67. The molecule has 2 aromatic carbocycles. The van der Waals surface area contributed by atoms with Crippen molar-refractivity contribution in [2.45, 2.75) is 16.2 Å². The fraction of sp³-hybridized carbons (Fsp3) is 0.263. The van der Waals surface area contributed by atoms with Gasteiger partial charge in [0.2, 0.25) is 0 Å². The molecule has 0 amide bonds. The van der Waals surface area contributed by atoms with Crippen molar-refractivity contribution in [2.24, 2.45) is 0 Å². The van der Waals surface area contributed by atoms with Crippen LogP contribution < -0.4 is 4.74 Å². The molecule has 152 valence electrons. The number of hydrogen-bond donors (Lipinski definition) is 2. The largest absolute Gasteiger partial charge is 0.497 e. The van der Waals surface area contributed by atoms with Crippen LogP contribution in [0, 0.1) is 0 Å². The van der Waals surface area contributed by atoms with E-state index in [0.29, 0.717) is 0 Å². The Morgan fingerprint density at radius 1 is 1.11 bits per heavy atom. The average molecular weight is 444 g/mol. The molecule has 0 fully saturated rings. The first kappa shape index (κ1) is 22.7. The van der Waals surface area contributed by atoms with E-state index in [-0.39, 0.29) is 0 Å². The average Bonchev–Trinajstić information content (AvgIpc) is 2.59. The van der Waals surface area contributed by atoms with Gasteiger partial charge in [0.25, 0.3) is 0 Å². The lowest BCUT2D eigenvalue weighted by molar-refractivity contribution is 0.381. The second kappa shape index (κ2) is 9.78. The van der Waals surface area contributed by atoms with Crippen LogP contribution >= 0.6 is 23.4 Å². The molecule has 0 unspecified atom stereocenters. The predicted molar refractivity (Wildman–Crippen MR) is 113 cm³/mol. The minimum Gasteiger partial charge on any atom is -0.497 e. The van der Waals surface area contributed by atoms with Gasteiger partial charge in [-0.25, -0.2) is 0 Å². The molecule has 6 nitrogen and oxygen atoms in total. The van der Waals surface area contributed by atoms with Gasteiger partial charge in [0.15, 0.2) is 0 Å². The predicted octanol–water partition coefficient (Wildman–Crippen LogP) is 4.54. The third kappa shape index (κ3) is 6.80. The number of rotatable bonds is 4. The molecule has 0 atom stereocenters. The summed E-state index contributed by atoms with van der Waals surface area (Å²) in [5, 5.41) is 0.778. The zero-order valence-electron chi connectivity index (χ0n) is 15.7. The van der Waals surface area contributed by atoms with Gasteiger partial charge in [-0.05, 0) is 73.6 Å². The summed E-state index contributed by atoms with van der Waals surface area (Å²) >= 11 is 8.01. The summed E-state index contributed by atoms with van der Waals surface area (Å²) in [6.07, 6.45) is 3.32. The maximum absolute atomic E-state index is 8.74. The first-order valence-electron chi connectivity index (χ1n) is 8.29. The summed E-state index contributed by atoms with van der Waals surface area (Å²) in [6.45, 7) is 1.03. The second-order valence-corrected chi connectivity index (χ2v) is 8.68. The van der Waals surface area contributed by atoms with E-state index in [4.69, 9.17) is 33.9 Å². The molecule has 0 aromatic heterocycles. The highest BCUT2D eigenvalue weighted by molar-refractivity contribution is 7.99. The molecule has 0 bridgehead atoms. The van der Waals surface area contributed by atoms with E-state index in [0.717, 1.165) is 23.7 Å². The van der Waals surface area contributed by atoms with E-state index in [9.17, 15) is 0 Å². The number of fused-ring (bicyclic) bond motifs is 2. The van der Waals surface area contributed by atoms with Gasteiger partial charge in [-0.2, -0.15) is 8.42 Å². The highest BCUT2D eigenvalue weighted by Gasteiger charge is 2.21. The summed E-state index contributed by atoms with van der Waals surface area (Å²) in [5.41, 5.74) is 3.74. The lowest BCUT2D eigenvalue weighted by Crippen LogP contribution is -2.12. The molecule has 0 radical (unpaired) electrons. The number of benzene rings is 2. The smallest absolute Gasteiger partial charge is 0.394 e. The van der Waals surface area contributed by atoms with Crippen molar-refractivity contribution >= 4 is 39.3 Å². The molecule has 1 aliphatic heterocycles. The van der Waals surface area contributed by atoms with E-state index < -0.39 is 10.4 Å². The minimum atomic E-state index is -4.67. The Morgan fingerprint density at radius 2 is 1.79 bits per heavy atom. The molecule has 2 aromatic rings. The molecular formula is C19H22ClNO5S2. The Balaban J connectivity index is 0.000000500. The van der Waals surface area contributed by atoms with Gasteiger partial charge in [0, 0.05) is 21.4 Å². The van der Waals surface area contributed by atoms with Crippen LogP contribution in [0.2, 0.25) is 5.02 Å². The van der Waals surface area contributed by atoms with Crippen LogP contribution in [0.4, 0.5) is 0 Å². The first-order chi connectivity index (χ1) is 13.1. The van der Waals surface area contributed by atoms with Crippen molar-refractivity contribution in [1.29, 1.82) is 0 Å². The first-order valence-corrected chi connectivity index (χ1v) is 10.9. The molecule has 28 heavy (non-hydrogen) atoms. The van der Waals surface area contributed by atoms with E-state index in [1.807, 2.05) is 12.1 Å². The minimum absolute atomic E-state index is 0.778. The van der Waals surface area contributed by atoms with Crippen LogP contribution in [-0.4, -0.2) is 50.2 Å². The zero-order chi connectivity index (χ0) is 20.9. The number of halogens is 1. The van der Waals surface area contributed by atoms with E-state index in [1.54, 1.807) is 18.9 Å². The summed E-state index contributed by atoms with van der Waals surface area (Å²) < 4.78 is 37.0. The van der Waals surface area contributed by atoms with E-state index >= 15 is 0 Å². The number of methoxy groups -OCH3 is 1. The lowest BCUT2D eigenvalue weighted by Gasteiger charge is -2.23. The SMILES string of the molecule is COc1ccc2c(c1)Sc1ccc(Cl)cc1/C2=C/CCN(C)C.O=S(=O)(O)O. The van der Waals surface area contributed by atoms with Crippen molar-refractivity contribution in [1.82, 2.24) is 4.90 Å². The number of nitrogens with zero attached hydrogens (tertiary/aromatic N) is 1. The van der Waals surface area contributed by atoms with Crippen LogP contribution in [0.5, 0.6) is 5.75 Å². The molecule has 0 saturated heterocycles. The fourth-order valence-electron chi connectivity index (χ4n) is 2.69. The molecular weight excluding hydrogens is 422 g/mol. The Hall–Kier alpha value is -1.55. The maximum Gasteiger partial charge on any atom is 0.394 e. The van der Waals surface area contributed by atoms with Gasteiger partial charge in [-0.3, -0.25) is 9.11 Å². The van der Waals surface area contributed by atoms with Gasteiger partial charge >= 0.3 is 10.4 Å². The number of ether oxygens (including phenoxy) is 1. The Bertz CT molecular complexity index is 966. The quantitative estimate of drug-likeness (QED) is 0.572. The summed E-state index contributed by atoms with van der Waals surface area (Å²) in [6, 6.07) is 12.4. The van der Waals surface area contributed by atoms with Crippen LogP contribution in [0.15, 0.2) is 52.3 Å². The molecule has 9 heteroatoms. The Labute approximate surface area is 174 Å². The van der Waals surface area contributed by atoms with Crippen LogP contribution in [0.3, 0.4) is 0 Å². The molecule has 2 N–H and O–H groups in total. The molecule has 0 saturated carbocycles. The fourth-order valence-corrected chi connectivity index (χ4v) is 3.98. The molecule has 1 heterocycles. The van der Waals surface area contributed by atoms with Crippen molar-refractivity contribution in [3.63, 3.8) is 0 Å². The van der Waals surface area contributed by atoms with Gasteiger partial charge in [-0.1, -0.05) is 29.4 Å². The maximum atomic E-state index is 8.74. The summed E-state index contributed by atoms with van der Waals surface area (Å²) in [5.74, 6) is 0.890. The third-order valence-electron chi connectivity index (χ3n) is 3.86. The monoisotopic (exact) mass is 443 g/mol. The molecule has 1 aliphatic rings. The van der Waals surface area contributed by atoms with Gasteiger partial charge in [0.05, 0.1) is 7.11 Å². The van der Waals surface area contributed by atoms with Crippen molar-refractivity contribution in [3.05, 3.63) is 58.6 Å². The van der Waals surface area contributed by atoms with Crippen LogP contribution in [0.25, 0.3) is 5.57 Å².